The van der Waals surface area contributed by atoms with E-state index in [0.29, 0.717) is 16.9 Å². The van der Waals surface area contributed by atoms with Crippen LogP contribution in [-0.2, 0) is 4.79 Å². The Morgan fingerprint density at radius 3 is 2.43 bits per heavy atom. The van der Waals surface area contributed by atoms with Crippen LogP contribution in [-0.4, -0.2) is 11.0 Å². The van der Waals surface area contributed by atoms with Gasteiger partial charge in [0.15, 0.2) is 0 Å². The summed E-state index contributed by atoms with van der Waals surface area (Å²) in [7, 11) is 0. The standard InChI is InChI=1S/C17H12N4O2/c18-9-12-4-6-14(7-5-12)20-11-13(10-19)17(23)21-15-2-1-3-16(22)8-15/h1-8,11,20,22H,(H,21,23)/b13-11-. The second-order valence-electron chi connectivity index (χ2n) is 4.51. The topological polar surface area (TPSA) is 109 Å². The van der Waals surface area contributed by atoms with Gasteiger partial charge in [-0.1, -0.05) is 6.07 Å². The predicted molar refractivity (Wildman–Crippen MR) is 85.2 cm³/mol. The Morgan fingerprint density at radius 2 is 1.83 bits per heavy atom. The van der Waals surface area contributed by atoms with Gasteiger partial charge < -0.3 is 15.7 Å². The number of nitrogens with zero attached hydrogens (tertiary/aromatic N) is 2. The second-order valence-corrected chi connectivity index (χ2v) is 4.51. The average molecular weight is 304 g/mol. The van der Waals surface area contributed by atoms with Crippen molar-refractivity contribution in [3.05, 3.63) is 65.9 Å². The predicted octanol–water partition coefficient (Wildman–Crippen LogP) is 2.72. The maximum Gasteiger partial charge on any atom is 0.267 e. The summed E-state index contributed by atoms with van der Waals surface area (Å²) >= 11 is 0. The summed E-state index contributed by atoms with van der Waals surface area (Å²) in [5.41, 5.74) is 1.41. The quantitative estimate of drug-likeness (QED) is 0.594. The van der Waals surface area contributed by atoms with Crippen LogP contribution < -0.4 is 10.6 Å². The number of rotatable bonds is 4. The molecule has 0 bridgehead atoms. The highest BCUT2D eigenvalue weighted by Crippen LogP contribution is 2.16. The molecule has 0 radical (unpaired) electrons. The molecule has 2 rings (SSSR count). The number of benzene rings is 2. The van der Waals surface area contributed by atoms with Crippen molar-refractivity contribution in [1.82, 2.24) is 0 Å². The number of anilines is 2. The first kappa shape index (κ1) is 15.6. The number of carbonyl (C=O) groups excluding carboxylic acids is 1. The van der Waals surface area contributed by atoms with E-state index in [1.165, 1.54) is 18.3 Å². The fourth-order valence-electron chi connectivity index (χ4n) is 1.73. The van der Waals surface area contributed by atoms with E-state index in [0.717, 1.165) is 0 Å². The first-order chi connectivity index (χ1) is 11.1. The number of carbonyl (C=O) groups is 1. The smallest absolute Gasteiger partial charge is 0.267 e. The van der Waals surface area contributed by atoms with Gasteiger partial charge in [0, 0.05) is 23.6 Å². The van der Waals surface area contributed by atoms with Crippen LogP contribution in [0.15, 0.2) is 60.3 Å². The Balaban J connectivity index is 2.07. The molecule has 2 aromatic rings. The minimum absolute atomic E-state index is 0.0148. The number of amides is 1. The Kier molecular flexibility index (Phi) is 4.96. The number of nitriles is 2. The van der Waals surface area contributed by atoms with E-state index >= 15 is 0 Å². The van der Waals surface area contributed by atoms with E-state index in [1.54, 1.807) is 42.5 Å². The van der Waals surface area contributed by atoms with Gasteiger partial charge in [-0.15, -0.1) is 0 Å². The number of nitrogens with one attached hydrogen (secondary N) is 2. The van der Waals surface area contributed by atoms with Crippen LogP contribution in [0.4, 0.5) is 11.4 Å². The van der Waals surface area contributed by atoms with Crippen molar-refractivity contribution >= 4 is 17.3 Å². The molecule has 112 valence electrons. The summed E-state index contributed by atoms with van der Waals surface area (Å²) in [6.07, 6.45) is 1.28. The van der Waals surface area contributed by atoms with Crippen molar-refractivity contribution in [2.24, 2.45) is 0 Å². The molecule has 0 fully saturated rings. The van der Waals surface area contributed by atoms with Crippen molar-refractivity contribution in [2.75, 3.05) is 10.6 Å². The van der Waals surface area contributed by atoms with E-state index in [4.69, 9.17) is 10.5 Å². The Labute approximate surface area is 132 Å². The number of phenols is 1. The third kappa shape index (κ3) is 4.35. The minimum Gasteiger partial charge on any atom is -0.508 e. The normalized spacial score (nSPS) is 10.3. The SMILES string of the molecule is N#C/C(=C/Nc1ccc(C#N)cc1)C(=O)Nc1cccc(O)c1. The molecule has 23 heavy (non-hydrogen) atoms. The molecule has 0 saturated carbocycles. The van der Waals surface area contributed by atoms with Crippen LogP contribution in [0.3, 0.4) is 0 Å². The van der Waals surface area contributed by atoms with Gasteiger partial charge in [-0.25, -0.2) is 0 Å². The number of aromatic hydroxyl groups is 1. The van der Waals surface area contributed by atoms with Gasteiger partial charge in [0.2, 0.25) is 0 Å². The molecule has 3 N–H and O–H groups in total. The average Bonchev–Trinajstić information content (AvgIpc) is 2.56. The maximum atomic E-state index is 12.0. The lowest BCUT2D eigenvalue weighted by atomic mass is 10.2. The van der Waals surface area contributed by atoms with Crippen molar-refractivity contribution in [3.8, 4) is 17.9 Å². The zero-order chi connectivity index (χ0) is 16.7. The zero-order valence-corrected chi connectivity index (χ0v) is 11.9. The third-order valence-corrected chi connectivity index (χ3v) is 2.87. The lowest BCUT2D eigenvalue weighted by Crippen LogP contribution is -2.14. The summed E-state index contributed by atoms with van der Waals surface area (Å²) in [6, 6.07) is 16.4. The molecule has 6 heteroatoms. The molecule has 0 aromatic heterocycles. The first-order valence-electron chi connectivity index (χ1n) is 6.60. The molecule has 1 amide bonds. The highest BCUT2D eigenvalue weighted by Gasteiger charge is 2.09. The summed E-state index contributed by atoms with van der Waals surface area (Å²) in [5.74, 6) is -0.583. The van der Waals surface area contributed by atoms with Gasteiger partial charge in [0.05, 0.1) is 11.6 Å². The molecular weight excluding hydrogens is 292 g/mol. The van der Waals surface area contributed by atoms with Gasteiger partial charge in [0.25, 0.3) is 5.91 Å². The molecule has 0 saturated heterocycles. The highest BCUT2D eigenvalue weighted by atomic mass is 16.3. The van der Waals surface area contributed by atoms with Crippen molar-refractivity contribution in [1.29, 1.82) is 10.5 Å². The molecule has 2 aromatic carbocycles. The lowest BCUT2D eigenvalue weighted by Gasteiger charge is -2.05. The van der Waals surface area contributed by atoms with E-state index < -0.39 is 5.91 Å². The van der Waals surface area contributed by atoms with Gasteiger partial charge in [-0.3, -0.25) is 4.79 Å². The molecular formula is C17H12N4O2. The summed E-state index contributed by atoms with van der Waals surface area (Å²) < 4.78 is 0. The fraction of sp³-hybridized carbons (Fsp3) is 0. The van der Waals surface area contributed by atoms with Gasteiger partial charge >= 0.3 is 0 Å². The van der Waals surface area contributed by atoms with Gasteiger partial charge in [-0.05, 0) is 36.4 Å². The Hall–Kier alpha value is -3.77. The van der Waals surface area contributed by atoms with E-state index in [1.807, 2.05) is 6.07 Å². The highest BCUT2D eigenvalue weighted by molar-refractivity contribution is 6.06. The summed E-state index contributed by atoms with van der Waals surface area (Å²) in [5, 5.41) is 32.5. The molecule has 6 nitrogen and oxygen atoms in total. The maximum absolute atomic E-state index is 12.0. The van der Waals surface area contributed by atoms with Crippen molar-refractivity contribution in [2.45, 2.75) is 0 Å². The molecule has 0 heterocycles. The van der Waals surface area contributed by atoms with Gasteiger partial charge in [0.1, 0.15) is 17.4 Å². The third-order valence-electron chi connectivity index (χ3n) is 2.87. The molecule has 0 atom stereocenters. The fourth-order valence-corrected chi connectivity index (χ4v) is 1.73. The number of phenolic OH excluding ortho intramolecular Hbond substituents is 1. The second kappa shape index (κ2) is 7.30. The number of hydrogen-bond acceptors (Lipinski definition) is 5. The van der Waals surface area contributed by atoms with Crippen molar-refractivity contribution in [3.63, 3.8) is 0 Å². The molecule has 0 aliphatic rings. The van der Waals surface area contributed by atoms with Crippen LogP contribution >= 0.6 is 0 Å². The van der Waals surface area contributed by atoms with Crippen molar-refractivity contribution < 1.29 is 9.90 Å². The van der Waals surface area contributed by atoms with Crippen LogP contribution in [0.2, 0.25) is 0 Å². The van der Waals surface area contributed by atoms with E-state index in [-0.39, 0.29) is 11.3 Å². The molecule has 0 spiro atoms. The summed E-state index contributed by atoms with van der Waals surface area (Å²) in [6.45, 7) is 0. The molecule has 0 aliphatic heterocycles. The minimum atomic E-state index is -0.598. The van der Waals surface area contributed by atoms with E-state index in [9.17, 15) is 9.90 Å². The van der Waals surface area contributed by atoms with Crippen LogP contribution in [0.25, 0.3) is 0 Å². The Morgan fingerprint density at radius 1 is 1.09 bits per heavy atom. The first-order valence-corrected chi connectivity index (χ1v) is 6.60. The molecule has 0 aliphatic carbocycles. The van der Waals surface area contributed by atoms with Crippen LogP contribution in [0.1, 0.15) is 5.56 Å². The molecule has 0 unspecified atom stereocenters. The van der Waals surface area contributed by atoms with Crippen LogP contribution in [0, 0.1) is 22.7 Å². The summed E-state index contributed by atoms with van der Waals surface area (Å²) in [4.78, 5) is 12.0. The van der Waals surface area contributed by atoms with Gasteiger partial charge in [-0.2, -0.15) is 10.5 Å². The largest absolute Gasteiger partial charge is 0.508 e. The number of hydrogen-bond donors (Lipinski definition) is 3. The van der Waals surface area contributed by atoms with Crippen LogP contribution in [0.5, 0.6) is 5.75 Å². The monoisotopic (exact) mass is 304 g/mol. The zero-order valence-electron chi connectivity index (χ0n) is 11.9. The van der Waals surface area contributed by atoms with E-state index in [2.05, 4.69) is 10.6 Å². The lowest BCUT2D eigenvalue weighted by molar-refractivity contribution is -0.112. The Bertz CT molecular complexity index is 827.